The molecule has 1 atom stereocenters. The Morgan fingerprint density at radius 1 is 1.19 bits per heavy atom. The van der Waals surface area contributed by atoms with Crippen molar-refractivity contribution in [3.63, 3.8) is 0 Å². The van der Waals surface area contributed by atoms with Crippen LogP contribution < -0.4 is 4.72 Å². The molecule has 2 saturated carbocycles. The van der Waals surface area contributed by atoms with Crippen LogP contribution in [0.5, 0.6) is 0 Å². The summed E-state index contributed by atoms with van der Waals surface area (Å²) in [5, 5.41) is 9.56. The lowest BCUT2D eigenvalue weighted by molar-refractivity contribution is -0.137. The van der Waals surface area contributed by atoms with E-state index in [1.165, 1.54) is 30.3 Å². The maximum Gasteiger partial charge on any atom is 0.417 e. The first-order valence-electron chi connectivity index (χ1n) is 11.9. The number of alkyl halides is 3. The summed E-state index contributed by atoms with van der Waals surface area (Å²) >= 11 is 0. The van der Waals surface area contributed by atoms with Gasteiger partial charge in [0.1, 0.15) is 5.82 Å². The van der Waals surface area contributed by atoms with Gasteiger partial charge in [0.05, 0.1) is 22.3 Å². The Bertz CT molecular complexity index is 1480. The van der Waals surface area contributed by atoms with E-state index in [1.54, 1.807) is 17.7 Å². The average molecular weight is 520 g/mol. The van der Waals surface area contributed by atoms with Crippen molar-refractivity contribution in [2.45, 2.75) is 63.0 Å². The Hall–Kier alpha value is -2.90. The molecule has 2 fully saturated rings. The highest BCUT2D eigenvalue weighted by molar-refractivity contribution is 7.90. The van der Waals surface area contributed by atoms with E-state index in [4.69, 9.17) is 0 Å². The van der Waals surface area contributed by atoms with Gasteiger partial charge < -0.3 is 4.57 Å². The van der Waals surface area contributed by atoms with Gasteiger partial charge >= 0.3 is 6.18 Å². The molecule has 1 N–H and O–H groups in total. The second-order valence-corrected chi connectivity index (χ2v) is 11.9. The predicted octanol–water partition coefficient (Wildman–Crippen LogP) is 6.30. The summed E-state index contributed by atoms with van der Waals surface area (Å²) in [6.07, 6.45) is 0.424. The molecule has 1 aromatic heterocycles. The lowest BCUT2D eigenvalue weighted by Gasteiger charge is -2.27. The SMILES string of the molecule is C[C@@H](NS(=O)(=O)C1CCC1)c1cn(CC2(C#N)CC2)c2cc(-c3ccccc3C(F)(F)F)c(F)cc12. The molecule has 5 rings (SSSR count). The smallest absolute Gasteiger partial charge is 0.346 e. The van der Waals surface area contributed by atoms with E-state index in [2.05, 4.69) is 10.8 Å². The third kappa shape index (κ3) is 4.39. The molecule has 0 bridgehead atoms. The maximum atomic E-state index is 15.4. The van der Waals surface area contributed by atoms with Crippen LogP contribution in [0.2, 0.25) is 0 Å². The van der Waals surface area contributed by atoms with Gasteiger partial charge in [-0.05, 0) is 61.9 Å². The zero-order valence-corrected chi connectivity index (χ0v) is 20.4. The highest BCUT2D eigenvalue weighted by Gasteiger charge is 2.44. The van der Waals surface area contributed by atoms with E-state index < -0.39 is 44.3 Å². The normalized spacial score (nSPS) is 18.6. The molecule has 0 amide bonds. The van der Waals surface area contributed by atoms with Crippen molar-refractivity contribution < 1.29 is 26.0 Å². The first kappa shape index (κ1) is 24.8. The zero-order chi connectivity index (χ0) is 25.9. The lowest BCUT2D eigenvalue weighted by Crippen LogP contribution is -2.39. The quantitative estimate of drug-likeness (QED) is 0.372. The Balaban J connectivity index is 1.64. The molecule has 10 heteroatoms. The van der Waals surface area contributed by atoms with Crippen molar-refractivity contribution in [1.29, 1.82) is 5.26 Å². The summed E-state index contributed by atoms with van der Waals surface area (Å²) in [4.78, 5) is 0. The third-order valence-corrected chi connectivity index (χ3v) is 9.42. The van der Waals surface area contributed by atoms with Crippen molar-refractivity contribution in [3.05, 3.63) is 59.5 Å². The molecule has 3 aromatic rings. The Kier molecular flexibility index (Phi) is 5.92. The van der Waals surface area contributed by atoms with Crippen LogP contribution in [-0.2, 0) is 22.7 Å². The van der Waals surface area contributed by atoms with Gasteiger partial charge in [-0.3, -0.25) is 0 Å². The summed E-state index contributed by atoms with van der Waals surface area (Å²) in [5.41, 5.74) is -1.05. The highest BCUT2D eigenvalue weighted by Crippen LogP contribution is 2.48. The van der Waals surface area contributed by atoms with Gasteiger partial charge in [-0.1, -0.05) is 24.6 Å². The summed E-state index contributed by atoms with van der Waals surface area (Å²) in [6, 6.07) is 8.98. The van der Waals surface area contributed by atoms with Crippen molar-refractivity contribution in [3.8, 4) is 17.2 Å². The first-order chi connectivity index (χ1) is 16.9. The zero-order valence-electron chi connectivity index (χ0n) is 19.6. The van der Waals surface area contributed by atoms with Gasteiger partial charge in [-0.25, -0.2) is 17.5 Å². The molecule has 0 saturated heterocycles. The molecular formula is C26H25F4N3O2S. The summed E-state index contributed by atoms with van der Waals surface area (Å²) in [7, 11) is -3.57. The van der Waals surface area contributed by atoms with Crippen LogP contribution in [-0.4, -0.2) is 18.2 Å². The van der Waals surface area contributed by atoms with Crippen molar-refractivity contribution >= 4 is 20.9 Å². The number of nitrogens with one attached hydrogen (secondary N) is 1. The molecule has 36 heavy (non-hydrogen) atoms. The summed E-state index contributed by atoms with van der Waals surface area (Å²) in [6.45, 7) is 1.95. The number of nitriles is 1. The van der Waals surface area contributed by atoms with Crippen LogP contribution in [0.3, 0.4) is 0 Å². The second-order valence-electron chi connectivity index (χ2n) is 9.93. The Labute approximate surface area is 206 Å². The third-order valence-electron chi connectivity index (χ3n) is 7.39. The molecule has 2 aliphatic carbocycles. The number of hydrogen-bond donors (Lipinski definition) is 1. The number of benzene rings is 2. The number of nitrogens with zero attached hydrogens (tertiary/aromatic N) is 2. The van der Waals surface area contributed by atoms with E-state index in [9.17, 15) is 26.9 Å². The average Bonchev–Trinajstić information content (AvgIpc) is 3.45. The summed E-state index contributed by atoms with van der Waals surface area (Å²) < 4.78 is 86.3. The molecule has 1 heterocycles. The fourth-order valence-corrected chi connectivity index (χ4v) is 6.62. The van der Waals surface area contributed by atoms with Gasteiger partial charge in [-0.2, -0.15) is 18.4 Å². The van der Waals surface area contributed by atoms with E-state index in [0.29, 0.717) is 42.1 Å². The molecule has 0 radical (unpaired) electrons. The number of aromatic nitrogens is 1. The van der Waals surface area contributed by atoms with E-state index >= 15 is 4.39 Å². The molecule has 0 aliphatic heterocycles. The highest BCUT2D eigenvalue weighted by atomic mass is 32.2. The van der Waals surface area contributed by atoms with Gasteiger partial charge in [0.15, 0.2) is 0 Å². The number of rotatable bonds is 7. The molecule has 2 aliphatic rings. The topological polar surface area (TPSA) is 74.9 Å². The largest absolute Gasteiger partial charge is 0.417 e. The molecule has 0 spiro atoms. The molecular weight excluding hydrogens is 494 g/mol. The van der Waals surface area contributed by atoms with Crippen LogP contribution >= 0.6 is 0 Å². The van der Waals surface area contributed by atoms with Crippen molar-refractivity contribution in [2.75, 3.05) is 0 Å². The standard InChI is InChI=1S/C26H25F4N3O2S/c1-16(32-36(34,35)17-5-4-6-17)21-13-33(15-25(14-31)9-10-25)24-12-19(23(27)11-20(21)24)18-7-2-3-8-22(18)26(28,29)30/h2-3,7-8,11-13,16-17,32H,4-6,9-10,15H2,1H3/t16-/m1/s1. The van der Waals surface area contributed by atoms with E-state index in [-0.39, 0.29) is 17.7 Å². The summed E-state index contributed by atoms with van der Waals surface area (Å²) in [5.74, 6) is -0.839. The minimum absolute atomic E-state index is 0.203. The van der Waals surface area contributed by atoms with Gasteiger partial charge in [0.25, 0.3) is 0 Å². The number of halogens is 4. The monoisotopic (exact) mass is 519 g/mol. The second kappa shape index (κ2) is 8.60. The molecule has 190 valence electrons. The molecule has 0 unspecified atom stereocenters. The fraction of sp³-hybridized carbons (Fsp3) is 0.423. The van der Waals surface area contributed by atoms with Crippen LogP contribution in [0.15, 0.2) is 42.6 Å². The Morgan fingerprint density at radius 2 is 1.89 bits per heavy atom. The van der Waals surface area contributed by atoms with Crippen molar-refractivity contribution in [2.24, 2.45) is 5.41 Å². The van der Waals surface area contributed by atoms with Gasteiger partial charge in [0.2, 0.25) is 10.0 Å². The van der Waals surface area contributed by atoms with E-state index in [0.717, 1.165) is 12.5 Å². The van der Waals surface area contributed by atoms with Crippen molar-refractivity contribution in [1.82, 2.24) is 9.29 Å². The number of fused-ring (bicyclic) bond motifs is 1. The van der Waals surface area contributed by atoms with Crippen LogP contribution in [0.4, 0.5) is 17.6 Å². The maximum absolute atomic E-state index is 15.4. The van der Waals surface area contributed by atoms with Gasteiger partial charge in [0, 0.05) is 35.2 Å². The molecule has 2 aromatic carbocycles. The minimum atomic E-state index is -4.67. The first-order valence-corrected chi connectivity index (χ1v) is 13.4. The molecule has 5 nitrogen and oxygen atoms in total. The van der Waals surface area contributed by atoms with E-state index in [1.807, 2.05) is 0 Å². The van der Waals surface area contributed by atoms with Crippen LogP contribution in [0.1, 0.15) is 56.2 Å². The van der Waals surface area contributed by atoms with Crippen LogP contribution in [0.25, 0.3) is 22.0 Å². The predicted molar refractivity (Wildman–Crippen MR) is 128 cm³/mol. The number of hydrogen-bond acceptors (Lipinski definition) is 3. The fourth-order valence-electron chi connectivity index (χ4n) is 4.85. The van der Waals surface area contributed by atoms with Crippen LogP contribution in [0, 0.1) is 22.6 Å². The van der Waals surface area contributed by atoms with Gasteiger partial charge in [-0.15, -0.1) is 0 Å². The lowest BCUT2D eigenvalue weighted by atomic mass is 9.96. The Morgan fingerprint density at radius 3 is 2.47 bits per heavy atom. The minimum Gasteiger partial charge on any atom is -0.346 e. The number of sulfonamides is 1.